The largest absolute Gasteiger partial charge is 0.206 e. The molecule has 70 valence electrons. The van der Waals surface area contributed by atoms with Crippen LogP contribution in [0.1, 0.15) is 0 Å². The highest BCUT2D eigenvalue weighted by molar-refractivity contribution is 7.27. The van der Waals surface area contributed by atoms with Crippen molar-refractivity contribution in [3.8, 4) is 11.1 Å². The molecule has 1 atom stereocenters. The van der Waals surface area contributed by atoms with Gasteiger partial charge in [0.05, 0.1) is 0 Å². The van der Waals surface area contributed by atoms with Crippen molar-refractivity contribution in [1.29, 1.82) is 0 Å². The lowest BCUT2D eigenvalue weighted by molar-refractivity contribution is 0.640. The molecule has 0 aliphatic carbocycles. The number of hydrogen-bond acceptors (Lipinski definition) is 0. The summed E-state index contributed by atoms with van der Waals surface area (Å²) in [6.07, 6.45) is 0. The molecule has 0 nitrogen and oxygen atoms in total. The molecule has 0 amide bonds. The highest BCUT2D eigenvalue weighted by Gasteiger charge is 2.05. The van der Waals surface area contributed by atoms with Crippen LogP contribution in [0, 0.1) is 5.82 Å². The first kappa shape index (κ1) is 9.36. The second-order valence-electron chi connectivity index (χ2n) is 3.07. The first-order chi connectivity index (χ1) is 6.79. The van der Waals surface area contributed by atoms with Gasteiger partial charge in [-0.3, -0.25) is 0 Å². The van der Waals surface area contributed by atoms with Gasteiger partial charge in [0.1, 0.15) is 5.82 Å². The fraction of sp³-hybridized carbons (Fsp3) is 0. The average molecular weight is 204 g/mol. The van der Waals surface area contributed by atoms with Crippen LogP contribution in [0.3, 0.4) is 0 Å². The monoisotopic (exact) mass is 204 g/mol. The van der Waals surface area contributed by atoms with Crippen molar-refractivity contribution in [3.05, 3.63) is 54.3 Å². The van der Waals surface area contributed by atoms with Gasteiger partial charge in [0, 0.05) is 10.9 Å². The van der Waals surface area contributed by atoms with Gasteiger partial charge in [0.15, 0.2) is 0 Å². The van der Waals surface area contributed by atoms with Gasteiger partial charge in [-0.15, -0.1) is 9.24 Å². The number of benzene rings is 2. The SMILES string of the molecule is Fc1c(P)cccc1-c1ccccc1. The van der Waals surface area contributed by atoms with E-state index in [1.165, 1.54) is 0 Å². The van der Waals surface area contributed by atoms with Gasteiger partial charge in [-0.05, 0) is 5.56 Å². The quantitative estimate of drug-likeness (QED) is 0.626. The van der Waals surface area contributed by atoms with Crippen molar-refractivity contribution in [2.24, 2.45) is 0 Å². The summed E-state index contributed by atoms with van der Waals surface area (Å²) in [6.45, 7) is 0. The minimum absolute atomic E-state index is 0.163. The fourth-order valence-electron chi connectivity index (χ4n) is 1.39. The minimum atomic E-state index is -0.163. The molecule has 0 saturated carbocycles. The summed E-state index contributed by atoms with van der Waals surface area (Å²) < 4.78 is 13.7. The van der Waals surface area contributed by atoms with Crippen LogP contribution in [-0.2, 0) is 0 Å². The van der Waals surface area contributed by atoms with E-state index in [9.17, 15) is 4.39 Å². The van der Waals surface area contributed by atoms with E-state index in [1.807, 2.05) is 36.4 Å². The maximum absolute atomic E-state index is 13.7. The topological polar surface area (TPSA) is 0 Å². The molecule has 0 radical (unpaired) electrons. The van der Waals surface area contributed by atoms with Gasteiger partial charge >= 0.3 is 0 Å². The Morgan fingerprint density at radius 2 is 1.57 bits per heavy atom. The first-order valence-electron chi connectivity index (χ1n) is 4.38. The zero-order valence-corrected chi connectivity index (χ0v) is 8.73. The Hall–Kier alpha value is -1.20. The molecule has 0 fully saturated rings. The minimum Gasteiger partial charge on any atom is -0.206 e. The van der Waals surface area contributed by atoms with Gasteiger partial charge < -0.3 is 0 Å². The van der Waals surface area contributed by atoms with Crippen molar-refractivity contribution in [2.45, 2.75) is 0 Å². The molecule has 0 heterocycles. The van der Waals surface area contributed by atoms with Gasteiger partial charge in [0.25, 0.3) is 0 Å². The smallest absolute Gasteiger partial charge is 0.138 e. The lowest BCUT2D eigenvalue weighted by Crippen LogP contribution is -1.99. The molecule has 1 unspecified atom stereocenters. The highest BCUT2D eigenvalue weighted by Crippen LogP contribution is 2.21. The predicted molar refractivity (Wildman–Crippen MR) is 61.2 cm³/mol. The van der Waals surface area contributed by atoms with Crippen molar-refractivity contribution in [1.82, 2.24) is 0 Å². The second-order valence-corrected chi connectivity index (χ2v) is 3.70. The van der Waals surface area contributed by atoms with Crippen LogP contribution in [0.25, 0.3) is 11.1 Å². The van der Waals surface area contributed by atoms with Crippen LogP contribution in [0.15, 0.2) is 48.5 Å². The molecule has 2 heteroatoms. The van der Waals surface area contributed by atoms with Crippen LogP contribution in [-0.4, -0.2) is 0 Å². The van der Waals surface area contributed by atoms with E-state index < -0.39 is 0 Å². The summed E-state index contributed by atoms with van der Waals surface area (Å²) in [5.41, 5.74) is 1.56. The van der Waals surface area contributed by atoms with Crippen LogP contribution < -0.4 is 5.30 Å². The van der Waals surface area contributed by atoms with Crippen LogP contribution >= 0.6 is 9.24 Å². The van der Waals surface area contributed by atoms with Gasteiger partial charge in [-0.1, -0.05) is 48.5 Å². The van der Waals surface area contributed by atoms with E-state index in [0.717, 1.165) is 5.56 Å². The average Bonchev–Trinajstić information content (AvgIpc) is 2.23. The molecule has 0 aliphatic rings. The van der Waals surface area contributed by atoms with E-state index in [4.69, 9.17) is 0 Å². The molecule has 2 aromatic rings. The maximum atomic E-state index is 13.7. The summed E-state index contributed by atoms with van der Waals surface area (Å²) in [5.74, 6) is -0.163. The molecule has 0 aromatic heterocycles. The third-order valence-electron chi connectivity index (χ3n) is 2.11. The van der Waals surface area contributed by atoms with E-state index >= 15 is 0 Å². The first-order valence-corrected chi connectivity index (χ1v) is 4.96. The van der Waals surface area contributed by atoms with E-state index in [2.05, 4.69) is 9.24 Å². The van der Waals surface area contributed by atoms with E-state index in [-0.39, 0.29) is 5.82 Å². The summed E-state index contributed by atoms with van der Waals surface area (Å²) in [5, 5.41) is 0.603. The lowest BCUT2D eigenvalue weighted by atomic mass is 10.1. The van der Waals surface area contributed by atoms with Crippen LogP contribution in [0.4, 0.5) is 4.39 Å². The molecule has 0 aliphatic heterocycles. The lowest BCUT2D eigenvalue weighted by Gasteiger charge is -2.04. The standard InChI is InChI=1S/C12H10FP/c13-12-10(7-4-8-11(12)14)9-5-2-1-3-6-9/h1-8H,14H2. The molecule has 0 bridgehead atoms. The third kappa shape index (κ3) is 1.69. The van der Waals surface area contributed by atoms with E-state index in [0.29, 0.717) is 10.9 Å². The Kier molecular flexibility index (Phi) is 2.60. The molecular weight excluding hydrogens is 194 g/mol. The molecular formula is C12H10FP. The number of halogens is 1. The summed E-state index contributed by atoms with van der Waals surface area (Å²) in [6, 6.07) is 14.9. The Balaban J connectivity index is 2.58. The molecule has 14 heavy (non-hydrogen) atoms. The Labute approximate surface area is 85.0 Å². The number of hydrogen-bond donors (Lipinski definition) is 0. The zero-order chi connectivity index (χ0) is 9.97. The maximum Gasteiger partial charge on any atom is 0.138 e. The summed E-state index contributed by atoms with van der Waals surface area (Å²) in [4.78, 5) is 0. The molecule has 2 rings (SSSR count). The molecule has 0 spiro atoms. The number of rotatable bonds is 1. The van der Waals surface area contributed by atoms with Crippen LogP contribution in [0.2, 0.25) is 0 Å². The summed E-state index contributed by atoms with van der Waals surface area (Å²) >= 11 is 0. The van der Waals surface area contributed by atoms with Gasteiger partial charge in [-0.25, -0.2) is 4.39 Å². The highest BCUT2D eigenvalue weighted by atomic mass is 31.0. The fourth-order valence-corrected chi connectivity index (χ4v) is 1.66. The Bertz CT molecular complexity index is 437. The molecule has 0 N–H and O–H groups in total. The van der Waals surface area contributed by atoms with Gasteiger partial charge in [0.2, 0.25) is 0 Å². The third-order valence-corrected chi connectivity index (χ3v) is 2.56. The van der Waals surface area contributed by atoms with E-state index in [1.54, 1.807) is 12.1 Å². The summed E-state index contributed by atoms with van der Waals surface area (Å²) in [7, 11) is 2.40. The second kappa shape index (κ2) is 3.89. The van der Waals surface area contributed by atoms with Crippen LogP contribution in [0.5, 0.6) is 0 Å². The van der Waals surface area contributed by atoms with Crippen molar-refractivity contribution < 1.29 is 4.39 Å². The predicted octanol–water partition coefficient (Wildman–Crippen LogP) is 2.99. The van der Waals surface area contributed by atoms with Crippen molar-refractivity contribution in [3.63, 3.8) is 0 Å². The van der Waals surface area contributed by atoms with Gasteiger partial charge in [-0.2, -0.15) is 0 Å². The molecule has 2 aromatic carbocycles. The Morgan fingerprint density at radius 3 is 2.29 bits per heavy atom. The normalized spacial score (nSPS) is 10.1. The molecule has 0 saturated heterocycles. The zero-order valence-electron chi connectivity index (χ0n) is 7.57. The Morgan fingerprint density at radius 1 is 0.857 bits per heavy atom. The van der Waals surface area contributed by atoms with Crippen molar-refractivity contribution >= 4 is 14.5 Å². The van der Waals surface area contributed by atoms with Crippen molar-refractivity contribution in [2.75, 3.05) is 0 Å².